The van der Waals surface area contributed by atoms with Crippen LogP contribution in [0.1, 0.15) is 29.6 Å². The van der Waals surface area contributed by atoms with Gasteiger partial charge >= 0.3 is 0 Å². The molecule has 4 unspecified atom stereocenters. The summed E-state index contributed by atoms with van der Waals surface area (Å²) in [4.78, 5) is 36.3. The van der Waals surface area contributed by atoms with Crippen LogP contribution in [0.2, 0.25) is 0 Å². The fraction of sp³-hybridized carbons (Fsp3) is 0.310. The monoisotopic (exact) mass is 512 g/mol. The Morgan fingerprint density at radius 3 is 2.55 bits per heavy atom. The molecule has 2 aliphatic carbocycles. The highest BCUT2D eigenvalue weighted by Crippen LogP contribution is 2.45. The number of primary amides is 1. The van der Waals surface area contributed by atoms with Gasteiger partial charge in [-0.2, -0.15) is 4.98 Å². The minimum absolute atomic E-state index is 0.0166. The number of amides is 2. The van der Waals surface area contributed by atoms with Crippen LogP contribution in [0.25, 0.3) is 11.1 Å². The van der Waals surface area contributed by atoms with Crippen molar-refractivity contribution in [2.75, 3.05) is 23.7 Å². The lowest BCUT2D eigenvalue weighted by Gasteiger charge is -2.28. The van der Waals surface area contributed by atoms with Gasteiger partial charge in [0.05, 0.1) is 5.92 Å². The number of rotatable bonds is 7. The van der Waals surface area contributed by atoms with Gasteiger partial charge in [0.25, 0.3) is 5.91 Å². The predicted octanol–water partition coefficient (Wildman–Crippen LogP) is 4.35. The van der Waals surface area contributed by atoms with Crippen LogP contribution in [-0.4, -0.2) is 45.8 Å². The molecule has 4 atom stereocenters. The van der Waals surface area contributed by atoms with Gasteiger partial charge in [0, 0.05) is 42.1 Å². The molecule has 2 heterocycles. The van der Waals surface area contributed by atoms with Gasteiger partial charge in [-0.1, -0.05) is 30.4 Å². The van der Waals surface area contributed by atoms with Gasteiger partial charge in [-0.05, 0) is 67.0 Å². The van der Waals surface area contributed by atoms with Crippen LogP contribution in [0.5, 0.6) is 0 Å². The fourth-order valence-electron chi connectivity index (χ4n) is 5.92. The van der Waals surface area contributed by atoms with Crippen molar-refractivity contribution in [2.24, 2.45) is 23.5 Å². The fourth-order valence-corrected chi connectivity index (χ4v) is 5.92. The quantitative estimate of drug-likeness (QED) is 0.406. The number of nitrogens with zero attached hydrogens (tertiary/aromatic N) is 3. The molecule has 8 nitrogen and oxygen atoms in total. The summed E-state index contributed by atoms with van der Waals surface area (Å²) in [5.41, 5.74) is 8.50. The highest BCUT2D eigenvalue weighted by atomic mass is 19.1. The number of likely N-dealkylation sites (tertiary alicyclic amines) is 1. The highest BCUT2D eigenvalue weighted by molar-refractivity contribution is 5.95. The summed E-state index contributed by atoms with van der Waals surface area (Å²) in [5, 5.41) is 6.69. The minimum atomic E-state index is -0.342. The van der Waals surface area contributed by atoms with Crippen LogP contribution in [-0.2, 0) is 4.79 Å². The summed E-state index contributed by atoms with van der Waals surface area (Å²) in [7, 11) is 0. The number of aromatic nitrogens is 2. The van der Waals surface area contributed by atoms with Gasteiger partial charge in [0.15, 0.2) is 0 Å². The topological polar surface area (TPSA) is 113 Å². The van der Waals surface area contributed by atoms with Crippen molar-refractivity contribution in [2.45, 2.75) is 25.3 Å². The largest absolute Gasteiger partial charge is 0.369 e. The van der Waals surface area contributed by atoms with Crippen molar-refractivity contribution in [3.63, 3.8) is 0 Å². The molecule has 0 spiro atoms. The van der Waals surface area contributed by atoms with Crippen LogP contribution < -0.4 is 16.4 Å². The Bertz CT molecular complexity index is 1400. The molecule has 2 bridgehead atoms. The van der Waals surface area contributed by atoms with Gasteiger partial charge in [0.2, 0.25) is 11.9 Å². The zero-order valence-electron chi connectivity index (χ0n) is 20.8. The SMILES string of the molecule is NC(=O)C1C2C=CC(C2)C1Nc1nc(Nc2cccc(C(=O)N3CCCC3)c2)ncc1-c1ccc(F)cc1. The maximum absolute atomic E-state index is 13.6. The van der Waals surface area contributed by atoms with Crippen molar-refractivity contribution in [3.8, 4) is 11.1 Å². The first-order valence-corrected chi connectivity index (χ1v) is 13.0. The van der Waals surface area contributed by atoms with Gasteiger partial charge in [-0.3, -0.25) is 9.59 Å². The van der Waals surface area contributed by atoms with Gasteiger partial charge in [-0.15, -0.1) is 0 Å². The number of nitrogens with two attached hydrogens (primary N) is 1. The van der Waals surface area contributed by atoms with Crippen LogP contribution in [0.4, 0.5) is 21.8 Å². The maximum atomic E-state index is 13.6. The molecule has 2 aromatic carbocycles. The number of hydrogen-bond donors (Lipinski definition) is 3. The zero-order chi connectivity index (χ0) is 26.2. The third-order valence-electron chi connectivity index (χ3n) is 7.79. The van der Waals surface area contributed by atoms with Crippen molar-refractivity contribution >= 4 is 29.3 Å². The predicted molar refractivity (Wildman–Crippen MR) is 143 cm³/mol. The lowest BCUT2D eigenvalue weighted by atomic mass is 9.88. The van der Waals surface area contributed by atoms with Crippen LogP contribution >= 0.6 is 0 Å². The third-order valence-corrected chi connectivity index (χ3v) is 7.79. The summed E-state index contributed by atoms with van der Waals surface area (Å²) in [6.45, 7) is 1.56. The van der Waals surface area contributed by atoms with E-state index in [0.717, 1.165) is 37.9 Å². The van der Waals surface area contributed by atoms with E-state index in [0.29, 0.717) is 28.6 Å². The van der Waals surface area contributed by atoms with Crippen molar-refractivity contribution in [1.82, 2.24) is 14.9 Å². The van der Waals surface area contributed by atoms with E-state index in [2.05, 4.69) is 27.8 Å². The van der Waals surface area contributed by atoms with E-state index in [1.165, 1.54) is 12.1 Å². The molecule has 6 rings (SSSR count). The Kier molecular flexibility index (Phi) is 6.27. The first-order chi connectivity index (χ1) is 18.5. The van der Waals surface area contributed by atoms with Crippen LogP contribution in [0.3, 0.4) is 0 Å². The molecular weight excluding hydrogens is 483 g/mol. The molecule has 0 radical (unpaired) electrons. The van der Waals surface area contributed by atoms with Crippen LogP contribution in [0.15, 0.2) is 66.9 Å². The molecule has 3 aromatic rings. The number of nitrogens with one attached hydrogen (secondary N) is 2. The van der Waals surface area contributed by atoms with Crippen molar-refractivity contribution in [1.29, 1.82) is 0 Å². The number of benzene rings is 2. The molecule has 2 fully saturated rings. The molecule has 1 aromatic heterocycles. The number of anilines is 3. The number of fused-ring (bicyclic) bond motifs is 2. The normalized spacial score (nSPS) is 23.6. The Balaban J connectivity index is 1.31. The van der Waals surface area contributed by atoms with Crippen LogP contribution in [0, 0.1) is 23.6 Å². The highest BCUT2D eigenvalue weighted by Gasteiger charge is 2.47. The molecule has 4 N–H and O–H groups in total. The molecule has 38 heavy (non-hydrogen) atoms. The average Bonchev–Trinajstić information content (AvgIpc) is 3.68. The Morgan fingerprint density at radius 2 is 1.79 bits per heavy atom. The Labute approximate surface area is 220 Å². The number of carbonyl (C=O) groups excluding carboxylic acids is 2. The third kappa shape index (κ3) is 4.60. The summed E-state index contributed by atoms with van der Waals surface area (Å²) in [6.07, 6.45) is 8.80. The van der Waals surface area contributed by atoms with E-state index in [1.807, 2.05) is 23.1 Å². The van der Waals surface area contributed by atoms with Gasteiger partial charge < -0.3 is 21.3 Å². The van der Waals surface area contributed by atoms with E-state index >= 15 is 0 Å². The second-order valence-corrected chi connectivity index (χ2v) is 10.2. The lowest BCUT2D eigenvalue weighted by Crippen LogP contribution is -2.41. The maximum Gasteiger partial charge on any atom is 0.253 e. The first kappa shape index (κ1) is 24.1. The second kappa shape index (κ2) is 9.89. The molecule has 194 valence electrons. The minimum Gasteiger partial charge on any atom is -0.369 e. The lowest BCUT2D eigenvalue weighted by molar-refractivity contribution is -0.122. The molecule has 3 aliphatic rings. The van der Waals surface area contributed by atoms with Gasteiger partial charge in [0.1, 0.15) is 11.6 Å². The smallest absolute Gasteiger partial charge is 0.253 e. The van der Waals surface area contributed by atoms with E-state index in [-0.39, 0.29) is 41.4 Å². The van der Waals surface area contributed by atoms with E-state index < -0.39 is 0 Å². The molecule has 1 saturated heterocycles. The van der Waals surface area contributed by atoms with Gasteiger partial charge in [-0.25, -0.2) is 9.37 Å². The number of carbonyl (C=O) groups is 2. The van der Waals surface area contributed by atoms with E-state index in [1.54, 1.807) is 24.4 Å². The van der Waals surface area contributed by atoms with E-state index in [9.17, 15) is 14.0 Å². The second-order valence-electron chi connectivity index (χ2n) is 10.2. The molecule has 9 heteroatoms. The first-order valence-electron chi connectivity index (χ1n) is 13.0. The number of allylic oxidation sites excluding steroid dienone is 1. The molecule has 1 aliphatic heterocycles. The number of hydrogen-bond acceptors (Lipinski definition) is 6. The Morgan fingerprint density at radius 1 is 1.03 bits per heavy atom. The Hall–Kier alpha value is -4.27. The summed E-state index contributed by atoms with van der Waals surface area (Å²) >= 11 is 0. The molecule has 2 amide bonds. The average molecular weight is 513 g/mol. The molecule has 1 saturated carbocycles. The summed E-state index contributed by atoms with van der Waals surface area (Å²) in [5.74, 6) is 0.132. The van der Waals surface area contributed by atoms with Crippen molar-refractivity contribution < 1.29 is 14.0 Å². The summed E-state index contributed by atoms with van der Waals surface area (Å²) < 4.78 is 13.6. The number of halogens is 1. The molecular formula is C29H29FN6O2. The standard InChI is InChI=1S/C29H29FN6O2/c30-21-10-8-17(9-11-21)23-16-32-29(33-22-5-3-4-20(15-22)28(38)36-12-1-2-13-36)35-27(23)34-25-19-7-6-18(14-19)24(25)26(31)37/h3-11,15-16,18-19,24-25H,1-2,12-14H2,(H2,31,37)(H2,32,33,34,35). The zero-order valence-corrected chi connectivity index (χ0v) is 20.8. The summed E-state index contributed by atoms with van der Waals surface area (Å²) in [6, 6.07) is 13.2. The van der Waals surface area contributed by atoms with Crippen molar-refractivity contribution in [3.05, 3.63) is 78.3 Å². The van der Waals surface area contributed by atoms with E-state index in [4.69, 9.17) is 10.7 Å².